The molecule has 2 N–H and O–H groups in total. The average Bonchev–Trinajstić information content (AvgIpc) is 2.14. The Hall–Kier alpha value is -1.10. The van der Waals surface area contributed by atoms with E-state index in [4.69, 9.17) is 9.84 Å². The number of esters is 1. The van der Waals surface area contributed by atoms with Crippen LogP contribution >= 0.6 is 0 Å². The number of carbonyl (C=O) groups excluding carboxylic acids is 1. The molecule has 0 bridgehead atoms. The van der Waals surface area contributed by atoms with E-state index in [-0.39, 0.29) is 17.9 Å². The van der Waals surface area contributed by atoms with Crippen molar-refractivity contribution in [3.63, 3.8) is 0 Å². The molecule has 5 nitrogen and oxygen atoms in total. The van der Waals surface area contributed by atoms with E-state index in [1.54, 1.807) is 6.92 Å². The molecule has 0 amide bonds. The van der Waals surface area contributed by atoms with Gasteiger partial charge in [-0.2, -0.15) is 0 Å². The van der Waals surface area contributed by atoms with Crippen molar-refractivity contribution >= 4 is 11.9 Å². The van der Waals surface area contributed by atoms with Crippen LogP contribution in [0.1, 0.15) is 41.0 Å². The Morgan fingerprint density at radius 3 is 2.28 bits per heavy atom. The first-order chi connectivity index (χ1) is 8.17. The summed E-state index contributed by atoms with van der Waals surface area (Å²) >= 11 is 0. The van der Waals surface area contributed by atoms with Crippen molar-refractivity contribution in [3.8, 4) is 0 Å². The number of hydrogen-bond acceptors (Lipinski definition) is 4. The SMILES string of the molecule is CCOC(=O)CN[C@H](C(=O)O)C(C)CC(C)(C)C. The van der Waals surface area contributed by atoms with Crippen LogP contribution in [-0.2, 0) is 14.3 Å². The van der Waals surface area contributed by atoms with Crippen molar-refractivity contribution in [2.24, 2.45) is 11.3 Å². The zero-order valence-electron chi connectivity index (χ0n) is 11.9. The molecule has 0 fully saturated rings. The molecule has 0 aromatic carbocycles. The van der Waals surface area contributed by atoms with Gasteiger partial charge in [0.25, 0.3) is 0 Å². The number of carbonyl (C=O) groups is 2. The van der Waals surface area contributed by atoms with Crippen molar-refractivity contribution < 1.29 is 19.4 Å². The second kappa shape index (κ2) is 7.36. The van der Waals surface area contributed by atoms with Gasteiger partial charge < -0.3 is 9.84 Å². The molecule has 0 aromatic heterocycles. The Morgan fingerprint density at radius 1 is 1.33 bits per heavy atom. The van der Waals surface area contributed by atoms with Crippen LogP contribution in [-0.4, -0.2) is 36.2 Å². The molecule has 2 atom stereocenters. The van der Waals surface area contributed by atoms with Crippen LogP contribution < -0.4 is 5.32 Å². The Labute approximate surface area is 109 Å². The van der Waals surface area contributed by atoms with Gasteiger partial charge in [-0.05, 0) is 24.7 Å². The third-order valence-corrected chi connectivity index (χ3v) is 2.54. The predicted octanol–water partition coefficient (Wildman–Crippen LogP) is 1.66. The van der Waals surface area contributed by atoms with Crippen LogP contribution in [0.15, 0.2) is 0 Å². The molecule has 0 aliphatic rings. The fourth-order valence-corrected chi connectivity index (χ4v) is 2.02. The first-order valence-electron chi connectivity index (χ1n) is 6.29. The second-order valence-electron chi connectivity index (χ2n) is 5.74. The number of hydrogen-bond donors (Lipinski definition) is 2. The molecule has 0 aliphatic heterocycles. The summed E-state index contributed by atoms with van der Waals surface area (Å²) in [7, 11) is 0. The zero-order chi connectivity index (χ0) is 14.3. The number of ether oxygens (including phenoxy) is 1. The summed E-state index contributed by atoms with van der Waals surface area (Å²) in [4.78, 5) is 22.4. The van der Waals surface area contributed by atoms with Crippen LogP contribution in [0.25, 0.3) is 0 Å². The van der Waals surface area contributed by atoms with Crippen LogP contribution in [0.4, 0.5) is 0 Å². The lowest BCUT2D eigenvalue weighted by Crippen LogP contribution is -2.45. The molecular formula is C13H25NO4. The highest BCUT2D eigenvalue weighted by Gasteiger charge is 2.28. The van der Waals surface area contributed by atoms with E-state index < -0.39 is 18.0 Å². The van der Waals surface area contributed by atoms with Gasteiger partial charge in [-0.3, -0.25) is 14.9 Å². The summed E-state index contributed by atoms with van der Waals surface area (Å²) in [5.41, 5.74) is 0.0543. The zero-order valence-corrected chi connectivity index (χ0v) is 11.9. The van der Waals surface area contributed by atoms with Crippen molar-refractivity contribution in [3.05, 3.63) is 0 Å². The summed E-state index contributed by atoms with van der Waals surface area (Å²) in [5, 5.41) is 11.9. The highest BCUT2D eigenvalue weighted by molar-refractivity contribution is 5.76. The van der Waals surface area contributed by atoms with Crippen LogP contribution in [0.3, 0.4) is 0 Å². The van der Waals surface area contributed by atoms with E-state index in [9.17, 15) is 9.59 Å². The third-order valence-electron chi connectivity index (χ3n) is 2.54. The normalized spacial score (nSPS) is 14.9. The molecule has 0 saturated carbocycles. The van der Waals surface area contributed by atoms with E-state index in [1.807, 2.05) is 6.92 Å². The Morgan fingerprint density at radius 2 is 1.89 bits per heavy atom. The maximum absolute atomic E-state index is 11.2. The third kappa shape index (κ3) is 7.27. The van der Waals surface area contributed by atoms with Gasteiger partial charge in [0.15, 0.2) is 0 Å². The largest absolute Gasteiger partial charge is 0.480 e. The molecule has 5 heteroatoms. The number of carboxylic acid groups (broad SMARTS) is 1. The van der Waals surface area contributed by atoms with E-state index in [0.717, 1.165) is 6.42 Å². The van der Waals surface area contributed by atoms with Crippen molar-refractivity contribution in [2.45, 2.75) is 47.1 Å². The molecule has 0 aromatic rings. The molecule has 0 aliphatic carbocycles. The average molecular weight is 259 g/mol. The first-order valence-corrected chi connectivity index (χ1v) is 6.29. The van der Waals surface area contributed by atoms with Gasteiger partial charge in [-0.15, -0.1) is 0 Å². The Bertz CT molecular complexity index is 283. The monoisotopic (exact) mass is 259 g/mol. The fraction of sp³-hybridized carbons (Fsp3) is 0.846. The maximum Gasteiger partial charge on any atom is 0.320 e. The maximum atomic E-state index is 11.2. The predicted molar refractivity (Wildman–Crippen MR) is 69.3 cm³/mol. The van der Waals surface area contributed by atoms with Gasteiger partial charge in [0.2, 0.25) is 0 Å². The summed E-state index contributed by atoms with van der Waals surface area (Å²) in [5.74, 6) is -1.42. The number of aliphatic carboxylic acids is 1. The van der Waals surface area contributed by atoms with E-state index in [1.165, 1.54) is 0 Å². The second-order valence-corrected chi connectivity index (χ2v) is 5.74. The van der Waals surface area contributed by atoms with Crippen LogP contribution in [0.5, 0.6) is 0 Å². The highest BCUT2D eigenvalue weighted by atomic mass is 16.5. The molecule has 1 unspecified atom stereocenters. The van der Waals surface area contributed by atoms with E-state index >= 15 is 0 Å². The van der Waals surface area contributed by atoms with Gasteiger partial charge in [0.1, 0.15) is 6.04 Å². The minimum absolute atomic E-state index is 0.0543. The van der Waals surface area contributed by atoms with Gasteiger partial charge in [-0.25, -0.2) is 0 Å². The first kappa shape index (κ1) is 16.9. The highest BCUT2D eigenvalue weighted by Crippen LogP contribution is 2.26. The fourth-order valence-electron chi connectivity index (χ4n) is 2.02. The Kier molecular flexibility index (Phi) is 6.91. The smallest absolute Gasteiger partial charge is 0.320 e. The number of nitrogens with one attached hydrogen (secondary N) is 1. The molecule has 0 rings (SSSR count). The van der Waals surface area contributed by atoms with Gasteiger partial charge in [-0.1, -0.05) is 27.7 Å². The standard InChI is InChI=1S/C13H25NO4/c1-6-18-10(15)8-14-11(12(16)17)9(2)7-13(3,4)5/h9,11,14H,6-8H2,1-5H3,(H,16,17)/t9?,11-/m0/s1. The number of carboxylic acids is 1. The topological polar surface area (TPSA) is 75.6 Å². The van der Waals surface area contributed by atoms with Crippen molar-refractivity contribution in [2.75, 3.05) is 13.2 Å². The van der Waals surface area contributed by atoms with Crippen LogP contribution in [0.2, 0.25) is 0 Å². The lowest BCUT2D eigenvalue weighted by molar-refractivity contribution is -0.144. The van der Waals surface area contributed by atoms with Crippen molar-refractivity contribution in [1.82, 2.24) is 5.32 Å². The van der Waals surface area contributed by atoms with Gasteiger partial charge >= 0.3 is 11.9 Å². The minimum Gasteiger partial charge on any atom is -0.480 e. The summed E-state index contributed by atoms with van der Waals surface area (Å²) in [6.07, 6.45) is 0.764. The quantitative estimate of drug-likeness (QED) is 0.680. The van der Waals surface area contributed by atoms with Crippen LogP contribution in [0, 0.1) is 11.3 Å². The summed E-state index contributed by atoms with van der Waals surface area (Å²) in [6, 6.07) is -0.728. The van der Waals surface area contributed by atoms with Gasteiger partial charge in [0, 0.05) is 0 Å². The molecule has 0 radical (unpaired) electrons. The minimum atomic E-state index is -0.934. The lowest BCUT2D eigenvalue weighted by atomic mass is 9.82. The summed E-state index contributed by atoms with van der Waals surface area (Å²) < 4.78 is 4.76. The molecule has 18 heavy (non-hydrogen) atoms. The molecule has 106 valence electrons. The van der Waals surface area contributed by atoms with E-state index in [2.05, 4.69) is 26.1 Å². The Balaban J connectivity index is 4.39. The van der Waals surface area contributed by atoms with Crippen molar-refractivity contribution in [1.29, 1.82) is 0 Å². The molecule has 0 heterocycles. The van der Waals surface area contributed by atoms with Gasteiger partial charge in [0.05, 0.1) is 13.2 Å². The summed E-state index contributed by atoms with van der Waals surface area (Å²) in [6.45, 7) is 10.0. The van der Waals surface area contributed by atoms with E-state index in [0.29, 0.717) is 6.61 Å². The number of rotatable bonds is 7. The molecule has 0 spiro atoms. The lowest BCUT2D eigenvalue weighted by Gasteiger charge is -2.27. The molecular weight excluding hydrogens is 234 g/mol. The molecule has 0 saturated heterocycles.